The van der Waals surface area contributed by atoms with Crippen LogP contribution in [0.25, 0.3) is 0 Å². The monoisotopic (exact) mass is 268 g/mol. The molecule has 2 aliphatic rings. The zero-order valence-electron chi connectivity index (χ0n) is 12.5. The molecule has 1 aliphatic heterocycles. The van der Waals surface area contributed by atoms with Crippen molar-refractivity contribution in [1.82, 2.24) is 10.6 Å². The fourth-order valence-corrected chi connectivity index (χ4v) is 3.94. The third-order valence-corrected chi connectivity index (χ3v) is 4.98. The molecule has 0 aromatic heterocycles. The normalized spacial score (nSPS) is 34.1. The number of aliphatic hydroxyl groups excluding tert-OH is 1. The molecule has 2 rings (SSSR count). The molecule has 1 aliphatic carbocycles. The van der Waals surface area contributed by atoms with Crippen molar-refractivity contribution in [2.24, 2.45) is 5.92 Å². The van der Waals surface area contributed by atoms with E-state index in [1.165, 1.54) is 51.5 Å². The van der Waals surface area contributed by atoms with Crippen molar-refractivity contribution in [2.75, 3.05) is 13.2 Å². The van der Waals surface area contributed by atoms with Crippen LogP contribution < -0.4 is 10.6 Å². The number of nitrogens with one attached hydrogen (secondary N) is 2. The molecular formula is C16H32N2O. The van der Waals surface area contributed by atoms with Crippen LogP contribution in [0.4, 0.5) is 0 Å². The van der Waals surface area contributed by atoms with Crippen molar-refractivity contribution in [3.05, 3.63) is 0 Å². The Labute approximate surface area is 118 Å². The highest BCUT2D eigenvalue weighted by molar-refractivity contribution is 4.91. The summed E-state index contributed by atoms with van der Waals surface area (Å²) >= 11 is 0. The average Bonchev–Trinajstić information content (AvgIpc) is 2.46. The first-order valence-corrected chi connectivity index (χ1v) is 8.41. The van der Waals surface area contributed by atoms with E-state index in [-0.39, 0.29) is 0 Å². The first-order valence-electron chi connectivity index (χ1n) is 8.41. The topological polar surface area (TPSA) is 44.3 Å². The molecule has 19 heavy (non-hydrogen) atoms. The lowest BCUT2D eigenvalue weighted by Crippen LogP contribution is -2.52. The Morgan fingerprint density at radius 1 is 1.16 bits per heavy atom. The molecule has 0 spiro atoms. The van der Waals surface area contributed by atoms with E-state index in [9.17, 15) is 0 Å². The van der Waals surface area contributed by atoms with E-state index in [1.54, 1.807) is 0 Å². The molecule has 112 valence electrons. The highest BCUT2D eigenvalue weighted by Gasteiger charge is 2.32. The van der Waals surface area contributed by atoms with E-state index in [1.807, 2.05) is 0 Å². The Morgan fingerprint density at radius 3 is 2.68 bits per heavy atom. The van der Waals surface area contributed by atoms with E-state index in [0.29, 0.717) is 18.7 Å². The van der Waals surface area contributed by atoms with Crippen molar-refractivity contribution >= 4 is 0 Å². The molecule has 0 aromatic rings. The molecule has 0 amide bonds. The van der Waals surface area contributed by atoms with Gasteiger partial charge in [0.25, 0.3) is 0 Å². The first kappa shape index (κ1) is 15.3. The molecular weight excluding hydrogens is 236 g/mol. The lowest BCUT2D eigenvalue weighted by molar-refractivity contribution is 0.170. The molecule has 4 unspecified atom stereocenters. The van der Waals surface area contributed by atoms with Gasteiger partial charge in [-0.15, -0.1) is 0 Å². The molecule has 1 heterocycles. The zero-order chi connectivity index (χ0) is 13.5. The van der Waals surface area contributed by atoms with Crippen LogP contribution >= 0.6 is 0 Å². The minimum Gasteiger partial charge on any atom is -0.396 e. The minimum atomic E-state index is 0.324. The third-order valence-electron chi connectivity index (χ3n) is 4.98. The average molecular weight is 268 g/mol. The fraction of sp³-hybridized carbons (Fsp3) is 1.00. The summed E-state index contributed by atoms with van der Waals surface area (Å²) in [5.41, 5.74) is 0. The summed E-state index contributed by atoms with van der Waals surface area (Å²) < 4.78 is 0. The van der Waals surface area contributed by atoms with Crippen LogP contribution in [0.15, 0.2) is 0 Å². The van der Waals surface area contributed by atoms with Gasteiger partial charge in [-0.3, -0.25) is 0 Å². The van der Waals surface area contributed by atoms with Gasteiger partial charge in [-0.05, 0) is 57.9 Å². The summed E-state index contributed by atoms with van der Waals surface area (Å²) in [5.74, 6) is 0.825. The second-order valence-corrected chi connectivity index (χ2v) is 6.54. The Kier molecular flexibility index (Phi) is 6.62. The summed E-state index contributed by atoms with van der Waals surface area (Å²) in [5, 5.41) is 16.5. The maximum absolute atomic E-state index is 8.94. The van der Waals surface area contributed by atoms with Gasteiger partial charge in [0, 0.05) is 24.7 Å². The van der Waals surface area contributed by atoms with Crippen LogP contribution in [0, 0.1) is 5.92 Å². The molecule has 0 aromatic carbocycles. The summed E-state index contributed by atoms with van der Waals surface area (Å²) in [7, 11) is 0. The molecule has 1 saturated carbocycles. The number of rotatable bonds is 6. The molecule has 4 atom stereocenters. The first-order chi connectivity index (χ1) is 9.31. The van der Waals surface area contributed by atoms with Crippen molar-refractivity contribution in [3.8, 4) is 0 Å². The van der Waals surface area contributed by atoms with Gasteiger partial charge < -0.3 is 15.7 Å². The van der Waals surface area contributed by atoms with E-state index in [4.69, 9.17) is 5.11 Å². The predicted octanol–water partition coefficient (Wildman–Crippen LogP) is 2.44. The zero-order valence-corrected chi connectivity index (χ0v) is 12.5. The molecule has 1 saturated heterocycles. The largest absolute Gasteiger partial charge is 0.396 e. The molecule has 0 radical (unpaired) electrons. The van der Waals surface area contributed by atoms with Crippen LogP contribution in [0.3, 0.4) is 0 Å². The number of hydrogen-bond acceptors (Lipinski definition) is 3. The lowest BCUT2D eigenvalue weighted by atomic mass is 9.77. The van der Waals surface area contributed by atoms with Crippen LogP contribution in [0.2, 0.25) is 0 Å². The van der Waals surface area contributed by atoms with E-state index >= 15 is 0 Å². The Morgan fingerprint density at radius 2 is 1.95 bits per heavy atom. The molecule has 2 fully saturated rings. The summed E-state index contributed by atoms with van der Waals surface area (Å²) in [4.78, 5) is 0. The quantitative estimate of drug-likeness (QED) is 0.693. The smallest absolute Gasteiger partial charge is 0.0431 e. The predicted molar refractivity (Wildman–Crippen MR) is 80.3 cm³/mol. The number of aliphatic hydroxyl groups is 1. The van der Waals surface area contributed by atoms with Crippen molar-refractivity contribution in [1.29, 1.82) is 0 Å². The molecule has 3 nitrogen and oxygen atoms in total. The summed E-state index contributed by atoms with van der Waals surface area (Å²) in [6.45, 7) is 3.81. The van der Waals surface area contributed by atoms with E-state index in [2.05, 4.69) is 17.6 Å². The molecule has 0 bridgehead atoms. The van der Waals surface area contributed by atoms with Gasteiger partial charge in [-0.2, -0.15) is 0 Å². The van der Waals surface area contributed by atoms with Crippen molar-refractivity contribution < 1.29 is 5.11 Å². The maximum Gasteiger partial charge on any atom is 0.0431 e. The molecule has 3 heteroatoms. The number of piperidine rings is 1. The Hall–Kier alpha value is -0.120. The van der Waals surface area contributed by atoms with Crippen LogP contribution in [-0.2, 0) is 0 Å². The van der Waals surface area contributed by atoms with Gasteiger partial charge >= 0.3 is 0 Å². The lowest BCUT2D eigenvalue weighted by Gasteiger charge is -2.41. The van der Waals surface area contributed by atoms with Gasteiger partial charge in [-0.25, -0.2) is 0 Å². The van der Waals surface area contributed by atoms with Crippen LogP contribution in [0.5, 0.6) is 0 Å². The van der Waals surface area contributed by atoms with Crippen LogP contribution in [-0.4, -0.2) is 36.4 Å². The van der Waals surface area contributed by atoms with Gasteiger partial charge in [-0.1, -0.05) is 19.3 Å². The van der Waals surface area contributed by atoms with E-state index < -0.39 is 0 Å². The molecule has 3 N–H and O–H groups in total. The van der Waals surface area contributed by atoms with Gasteiger partial charge in [0.05, 0.1) is 0 Å². The van der Waals surface area contributed by atoms with Gasteiger partial charge in [0.2, 0.25) is 0 Å². The van der Waals surface area contributed by atoms with Crippen molar-refractivity contribution in [3.63, 3.8) is 0 Å². The van der Waals surface area contributed by atoms with Crippen molar-refractivity contribution in [2.45, 2.75) is 82.8 Å². The van der Waals surface area contributed by atoms with Gasteiger partial charge in [0.1, 0.15) is 0 Å². The third kappa shape index (κ3) is 4.73. The summed E-state index contributed by atoms with van der Waals surface area (Å²) in [6, 6.07) is 1.98. The highest BCUT2D eigenvalue weighted by Crippen LogP contribution is 2.30. The highest BCUT2D eigenvalue weighted by atomic mass is 16.2. The fourth-order valence-electron chi connectivity index (χ4n) is 3.94. The second-order valence-electron chi connectivity index (χ2n) is 6.54. The standard InChI is InChI=1S/C16H32N2O/c1-13(7-6-12-19)18-16-10-3-2-8-14(16)15-9-4-5-11-17-15/h13-19H,2-12H2,1H3. The van der Waals surface area contributed by atoms with Gasteiger partial charge in [0.15, 0.2) is 0 Å². The maximum atomic E-state index is 8.94. The minimum absolute atomic E-state index is 0.324. The Balaban J connectivity index is 1.84. The van der Waals surface area contributed by atoms with Crippen LogP contribution in [0.1, 0.15) is 64.7 Å². The SMILES string of the molecule is CC(CCCO)NC1CCCCC1C1CCCCN1. The summed E-state index contributed by atoms with van der Waals surface area (Å²) in [6.07, 6.45) is 11.7. The Bertz CT molecular complexity index is 241. The van der Waals surface area contributed by atoms with E-state index in [0.717, 1.165) is 24.8 Å². The number of hydrogen-bond donors (Lipinski definition) is 3. The second kappa shape index (κ2) is 8.23.